The number of hydrogen-bond donors (Lipinski definition) is 1. The molecule has 1 saturated heterocycles. The summed E-state index contributed by atoms with van der Waals surface area (Å²) in [6.45, 7) is 9.64. The molecule has 0 aliphatic carbocycles. The molecule has 3 aromatic carbocycles. The van der Waals surface area contributed by atoms with Crippen LogP contribution in [0.15, 0.2) is 60.7 Å². The Kier molecular flexibility index (Phi) is 9.62. The number of fused-ring (bicyclic) bond motifs is 1. The third-order valence-corrected chi connectivity index (χ3v) is 9.03. The molecule has 4 atom stereocenters. The molecule has 0 aromatic heterocycles. The first-order chi connectivity index (χ1) is 20.7. The van der Waals surface area contributed by atoms with Gasteiger partial charge < -0.3 is 24.6 Å². The van der Waals surface area contributed by atoms with E-state index in [9.17, 15) is 9.59 Å². The van der Waals surface area contributed by atoms with Crippen molar-refractivity contribution in [3.05, 3.63) is 87.9 Å². The Bertz CT molecular complexity index is 1440. The van der Waals surface area contributed by atoms with Crippen LogP contribution >= 0.6 is 11.6 Å². The Hall–Kier alpha value is -3.55. The van der Waals surface area contributed by atoms with Gasteiger partial charge in [0.2, 0.25) is 11.8 Å². The van der Waals surface area contributed by atoms with E-state index in [0.29, 0.717) is 16.5 Å². The van der Waals surface area contributed by atoms with Gasteiger partial charge in [-0.25, -0.2) is 0 Å². The van der Waals surface area contributed by atoms with Gasteiger partial charge in [-0.2, -0.15) is 0 Å². The van der Waals surface area contributed by atoms with Gasteiger partial charge in [-0.15, -0.1) is 0 Å². The van der Waals surface area contributed by atoms with Crippen molar-refractivity contribution < 1.29 is 19.1 Å². The Balaban J connectivity index is 1.54. The quantitative estimate of drug-likeness (QED) is 0.289. The van der Waals surface area contributed by atoms with Crippen molar-refractivity contribution in [3.63, 3.8) is 0 Å². The monoisotopic (exact) mass is 603 g/mol. The van der Waals surface area contributed by atoms with Crippen molar-refractivity contribution in [2.75, 3.05) is 25.1 Å². The number of nitrogens with zero attached hydrogens (tertiary/aromatic N) is 2. The van der Waals surface area contributed by atoms with Gasteiger partial charge in [0.25, 0.3) is 0 Å². The van der Waals surface area contributed by atoms with Crippen molar-refractivity contribution in [1.82, 2.24) is 10.2 Å². The molecule has 7 nitrogen and oxygen atoms in total. The van der Waals surface area contributed by atoms with E-state index in [1.807, 2.05) is 77.4 Å². The zero-order valence-corrected chi connectivity index (χ0v) is 26.5. The molecule has 8 heteroatoms. The number of hydrogen-bond acceptors (Lipinski definition) is 5. The van der Waals surface area contributed by atoms with E-state index in [1.165, 1.54) is 0 Å². The number of amides is 2. The van der Waals surface area contributed by atoms with Crippen LogP contribution in [0.1, 0.15) is 81.3 Å². The number of carbonyl (C=O) groups is 2. The topological polar surface area (TPSA) is 71.1 Å². The number of anilines is 1. The van der Waals surface area contributed by atoms with Gasteiger partial charge in [0, 0.05) is 30.2 Å². The van der Waals surface area contributed by atoms with E-state index in [-0.39, 0.29) is 42.5 Å². The van der Waals surface area contributed by atoms with E-state index < -0.39 is 0 Å². The van der Waals surface area contributed by atoms with Gasteiger partial charge in [0.1, 0.15) is 0 Å². The molecule has 2 aliphatic rings. The normalized spacial score (nSPS) is 19.8. The molecule has 228 valence electrons. The molecule has 1 fully saturated rings. The molecule has 1 N–H and O–H groups in total. The SMILES string of the molecule is CC[C@@H](C)Oc1cc2c(cc1OC)CC(=O)N(c1ccc([C@@H](C)N(C(C)=O)[C@H]3CCCNC3)cc1)C2c1ccc(Cl)cc1. The van der Waals surface area contributed by atoms with Crippen molar-refractivity contribution in [1.29, 1.82) is 0 Å². The van der Waals surface area contributed by atoms with Crippen molar-refractivity contribution in [3.8, 4) is 11.5 Å². The minimum atomic E-state index is -0.385. The molecule has 3 aromatic rings. The highest BCUT2D eigenvalue weighted by Gasteiger charge is 2.36. The molecular formula is C35H42ClN3O4. The molecular weight excluding hydrogens is 562 g/mol. The Labute approximate surface area is 260 Å². The first-order valence-corrected chi connectivity index (χ1v) is 15.6. The predicted molar refractivity (Wildman–Crippen MR) is 171 cm³/mol. The summed E-state index contributed by atoms with van der Waals surface area (Å²) in [6, 6.07) is 19.4. The smallest absolute Gasteiger partial charge is 0.232 e. The van der Waals surface area contributed by atoms with Crippen molar-refractivity contribution in [2.45, 2.75) is 77.6 Å². The first kappa shape index (κ1) is 30.9. The zero-order valence-electron chi connectivity index (χ0n) is 25.7. The summed E-state index contributed by atoms with van der Waals surface area (Å²) >= 11 is 6.27. The number of benzene rings is 3. The molecule has 2 amide bonds. The highest BCUT2D eigenvalue weighted by Crippen LogP contribution is 2.44. The lowest BCUT2D eigenvalue weighted by molar-refractivity contribution is -0.134. The van der Waals surface area contributed by atoms with Gasteiger partial charge >= 0.3 is 0 Å². The van der Waals surface area contributed by atoms with Crippen LogP contribution < -0.4 is 19.7 Å². The van der Waals surface area contributed by atoms with Gasteiger partial charge in [0.05, 0.1) is 31.7 Å². The average molecular weight is 604 g/mol. The lowest BCUT2D eigenvalue weighted by atomic mass is 9.86. The maximum atomic E-state index is 13.9. The molecule has 0 bridgehead atoms. The third-order valence-electron chi connectivity index (χ3n) is 8.78. The fraction of sp³-hybridized carbons (Fsp3) is 0.429. The Morgan fingerprint density at radius 3 is 2.42 bits per heavy atom. The number of nitrogens with one attached hydrogen (secondary N) is 1. The molecule has 1 unspecified atom stereocenters. The van der Waals surface area contributed by atoms with E-state index in [4.69, 9.17) is 21.1 Å². The lowest BCUT2D eigenvalue weighted by Crippen LogP contribution is -2.49. The van der Waals surface area contributed by atoms with E-state index in [1.54, 1.807) is 14.0 Å². The summed E-state index contributed by atoms with van der Waals surface area (Å²) < 4.78 is 11.9. The molecule has 2 aliphatic heterocycles. The number of ether oxygens (including phenoxy) is 2. The maximum Gasteiger partial charge on any atom is 0.232 e. The molecule has 5 rings (SSSR count). The maximum absolute atomic E-state index is 13.9. The standard InChI is InChI=1S/C35H42ClN3O4/c1-6-22(2)43-33-20-31-27(18-32(33)42-5)19-34(41)39(35(31)26-9-13-28(36)14-10-26)29-15-11-25(12-16-29)23(3)38(24(4)40)30-8-7-17-37-21-30/h9-16,18,20,22-23,30,35,37H,6-8,17,19,21H2,1-5H3/t22-,23-,30+,35?/m1/s1. The second kappa shape index (κ2) is 13.4. The third kappa shape index (κ3) is 6.53. The van der Waals surface area contributed by atoms with Crippen LogP contribution in [-0.4, -0.2) is 49.1 Å². The molecule has 43 heavy (non-hydrogen) atoms. The summed E-state index contributed by atoms with van der Waals surface area (Å²) in [5, 5.41) is 4.06. The number of rotatable bonds is 9. The highest BCUT2D eigenvalue weighted by molar-refractivity contribution is 6.30. The van der Waals surface area contributed by atoms with Crippen molar-refractivity contribution >= 4 is 29.1 Å². The Morgan fingerprint density at radius 2 is 1.81 bits per heavy atom. The average Bonchev–Trinajstić information content (AvgIpc) is 3.01. The van der Waals surface area contributed by atoms with E-state index in [0.717, 1.165) is 60.3 Å². The van der Waals surface area contributed by atoms with Crippen LogP contribution in [0.2, 0.25) is 5.02 Å². The van der Waals surface area contributed by atoms with Crippen LogP contribution in [0.3, 0.4) is 0 Å². The van der Waals surface area contributed by atoms with Crippen LogP contribution in [0.4, 0.5) is 5.69 Å². The van der Waals surface area contributed by atoms with E-state index >= 15 is 0 Å². The first-order valence-electron chi connectivity index (χ1n) is 15.3. The number of carbonyl (C=O) groups excluding carboxylic acids is 2. The van der Waals surface area contributed by atoms with Gasteiger partial charge in [0.15, 0.2) is 11.5 Å². The van der Waals surface area contributed by atoms with Gasteiger partial charge in [-0.3, -0.25) is 9.59 Å². The molecule has 0 radical (unpaired) electrons. The van der Waals surface area contributed by atoms with Crippen molar-refractivity contribution in [2.24, 2.45) is 0 Å². The van der Waals surface area contributed by atoms with Gasteiger partial charge in [-0.05, 0) is 98.3 Å². The second-order valence-electron chi connectivity index (χ2n) is 11.6. The number of piperidine rings is 1. The molecule has 0 saturated carbocycles. The van der Waals surface area contributed by atoms with Crippen LogP contribution in [0.25, 0.3) is 0 Å². The van der Waals surface area contributed by atoms with Crippen LogP contribution in [0.5, 0.6) is 11.5 Å². The minimum absolute atomic E-state index is 0.00969. The highest BCUT2D eigenvalue weighted by atomic mass is 35.5. The largest absolute Gasteiger partial charge is 0.493 e. The number of halogens is 1. The van der Waals surface area contributed by atoms with Crippen LogP contribution in [-0.2, 0) is 16.0 Å². The number of methoxy groups -OCH3 is 1. The molecule has 0 spiro atoms. The summed E-state index contributed by atoms with van der Waals surface area (Å²) in [5.41, 5.74) is 4.68. The summed E-state index contributed by atoms with van der Waals surface area (Å²) in [4.78, 5) is 30.5. The fourth-order valence-corrected chi connectivity index (χ4v) is 6.49. The predicted octanol–water partition coefficient (Wildman–Crippen LogP) is 6.87. The molecule has 2 heterocycles. The fourth-order valence-electron chi connectivity index (χ4n) is 6.37. The second-order valence-corrected chi connectivity index (χ2v) is 12.1. The Morgan fingerprint density at radius 1 is 1.09 bits per heavy atom. The minimum Gasteiger partial charge on any atom is -0.493 e. The summed E-state index contributed by atoms with van der Waals surface area (Å²) in [6.07, 6.45) is 3.16. The summed E-state index contributed by atoms with van der Waals surface area (Å²) in [5.74, 6) is 1.34. The van der Waals surface area contributed by atoms with Gasteiger partial charge in [-0.1, -0.05) is 42.8 Å². The zero-order chi connectivity index (χ0) is 30.7. The lowest BCUT2D eigenvalue weighted by Gasteiger charge is -2.39. The van der Waals surface area contributed by atoms with Crippen LogP contribution in [0, 0.1) is 0 Å². The van der Waals surface area contributed by atoms with E-state index in [2.05, 4.69) is 19.2 Å². The summed E-state index contributed by atoms with van der Waals surface area (Å²) in [7, 11) is 1.62.